The summed E-state index contributed by atoms with van der Waals surface area (Å²) in [5, 5.41) is 2.98. The third kappa shape index (κ3) is 2.16. The lowest BCUT2D eigenvalue weighted by atomic mass is 10.2. The number of hydrogen-bond acceptors (Lipinski definition) is 2. The molecule has 0 heterocycles. The van der Waals surface area contributed by atoms with Crippen molar-refractivity contribution in [3.05, 3.63) is 29.8 Å². The zero-order chi connectivity index (χ0) is 8.97. The van der Waals surface area contributed by atoms with Gasteiger partial charge in [-0.15, -0.1) is 5.11 Å². The first kappa shape index (κ1) is 8.39. The summed E-state index contributed by atoms with van der Waals surface area (Å²) in [5.74, 6) is -0.0288. The molecule has 62 valence electrons. The van der Waals surface area contributed by atoms with E-state index in [1.54, 1.807) is 0 Å². The Bertz CT molecular complexity index is 299. The molecule has 0 aliphatic carbocycles. The van der Waals surface area contributed by atoms with Gasteiger partial charge in [-0.25, -0.2) is 10.5 Å². The summed E-state index contributed by atoms with van der Waals surface area (Å²) in [6.45, 7) is 1.99. The monoisotopic (exact) mass is 162 g/mol. The van der Waals surface area contributed by atoms with Gasteiger partial charge in [0.1, 0.15) is 0 Å². The molecule has 0 radical (unpaired) electrons. The maximum absolute atomic E-state index is 6.57. The minimum Gasteiger partial charge on any atom is -0.366 e. The summed E-state index contributed by atoms with van der Waals surface area (Å²) in [6.07, 6.45) is 0. The van der Waals surface area contributed by atoms with Gasteiger partial charge in [0.2, 0.25) is 5.96 Å². The number of guanidine groups is 1. The molecular formula is C8H10N4. The summed E-state index contributed by atoms with van der Waals surface area (Å²) in [7, 11) is 0. The van der Waals surface area contributed by atoms with Crippen molar-refractivity contribution in [2.24, 2.45) is 15.8 Å². The van der Waals surface area contributed by atoms with Crippen LogP contribution in [-0.4, -0.2) is 5.96 Å². The SMILES string of the molecule is Cc1ccc(N=C(N)N=N)cc1. The largest absolute Gasteiger partial charge is 0.366 e. The van der Waals surface area contributed by atoms with Gasteiger partial charge in [0.25, 0.3) is 0 Å². The van der Waals surface area contributed by atoms with Gasteiger partial charge >= 0.3 is 0 Å². The van der Waals surface area contributed by atoms with E-state index in [2.05, 4.69) is 10.1 Å². The maximum atomic E-state index is 6.57. The molecule has 1 rings (SSSR count). The lowest BCUT2D eigenvalue weighted by molar-refractivity contribution is 1.16. The zero-order valence-corrected chi connectivity index (χ0v) is 6.78. The minimum atomic E-state index is -0.0288. The second-order valence-corrected chi connectivity index (χ2v) is 2.42. The highest BCUT2D eigenvalue weighted by atomic mass is 15.1. The van der Waals surface area contributed by atoms with Crippen molar-refractivity contribution >= 4 is 11.6 Å². The Labute approximate surface area is 70.6 Å². The first-order valence-electron chi connectivity index (χ1n) is 3.50. The standard InChI is InChI=1S/C8H10N4/c1-6-2-4-7(5-3-6)11-8(9)12-10/h2-5,10H,1H3,(H2,9,11). The molecule has 0 aromatic heterocycles. The first-order chi connectivity index (χ1) is 5.72. The molecule has 0 aliphatic heterocycles. The highest BCUT2D eigenvalue weighted by Crippen LogP contribution is 2.11. The second-order valence-electron chi connectivity index (χ2n) is 2.42. The predicted octanol–water partition coefficient (Wildman–Crippen LogP) is 1.97. The molecule has 0 fully saturated rings. The van der Waals surface area contributed by atoms with Gasteiger partial charge in [-0.2, -0.15) is 0 Å². The third-order valence-corrected chi connectivity index (χ3v) is 1.39. The Morgan fingerprint density at radius 2 is 1.92 bits per heavy atom. The van der Waals surface area contributed by atoms with E-state index in [-0.39, 0.29) is 5.96 Å². The van der Waals surface area contributed by atoms with E-state index in [1.165, 1.54) is 0 Å². The summed E-state index contributed by atoms with van der Waals surface area (Å²) in [6, 6.07) is 7.51. The number of nitrogens with zero attached hydrogens (tertiary/aromatic N) is 2. The Balaban J connectivity index is 2.91. The molecule has 1 aromatic rings. The number of nitrogens with one attached hydrogen (secondary N) is 1. The van der Waals surface area contributed by atoms with Gasteiger partial charge in [-0.05, 0) is 19.1 Å². The van der Waals surface area contributed by atoms with Gasteiger partial charge in [0, 0.05) is 0 Å². The number of aliphatic imine (C=N–C) groups is 1. The molecule has 0 atom stereocenters. The summed E-state index contributed by atoms with van der Waals surface area (Å²) < 4.78 is 0. The lowest BCUT2D eigenvalue weighted by Gasteiger charge is -1.94. The van der Waals surface area contributed by atoms with Crippen LogP contribution in [0.2, 0.25) is 0 Å². The molecule has 4 heteroatoms. The van der Waals surface area contributed by atoms with E-state index < -0.39 is 0 Å². The Morgan fingerprint density at radius 3 is 2.42 bits per heavy atom. The summed E-state index contributed by atoms with van der Waals surface area (Å²) in [4.78, 5) is 3.86. The van der Waals surface area contributed by atoms with Crippen LogP contribution in [0.15, 0.2) is 34.4 Å². The van der Waals surface area contributed by atoms with Crippen LogP contribution in [0.3, 0.4) is 0 Å². The molecule has 0 spiro atoms. The van der Waals surface area contributed by atoms with E-state index in [9.17, 15) is 0 Å². The average molecular weight is 162 g/mol. The fourth-order valence-corrected chi connectivity index (χ4v) is 0.777. The fraction of sp³-hybridized carbons (Fsp3) is 0.125. The normalized spacial score (nSPS) is 11.2. The van der Waals surface area contributed by atoms with Crippen molar-refractivity contribution in [3.8, 4) is 0 Å². The quantitative estimate of drug-likeness (QED) is 0.369. The maximum Gasteiger partial charge on any atom is 0.239 e. The van der Waals surface area contributed by atoms with Gasteiger partial charge < -0.3 is 5.73 Å². The third-order valence-electron chi connectivity index (χ3n) is 1.39. The molecular weight excluding hydrogens is 152 g/mol. The molecule has 0 saturated carbocycles. The van der Waals surface area contributed by atoms with Crippen LogP contribution in [0, 0.1) is 12.5 Å². The molecule has 0 bridgehead atoms. The van der Waals surface area contributed by atoms with E-state index in [0.717, 1.165) is 5.56 Å². The van der Waals surface area contributed by atoms with E-state index in [0.29, 0.717) is 5.69 Å². The molecule has 3 N–H and O–H groups in total. The Morgan fingerprint density at radius 1 is 1.33 bits per heavy atom. The van der Waals surface area contributed by atoms with Crippen molar-refractivity contribution in [3.63, 3.8) is 0 Å². The summed E-state index contributed by atoms with van der Waals surface area (Å²) >= 11 is 0. The van der Waals surface area contributed by atoms with Crippen molar-refractivity contribution in [2.45, 2.75) is 6.92 Å². The van der Waals surface area contributed by atoms with Crippen LogP contribution < -0.4 is 5.73 Å². The van der Waals surface area contributed by atoms with E-state index in [4.69, 9.17) is 11.3 Å². The molecule has 0 unspecified atom stereocenters. The molecule has 12 heavy (non-hydrogen) atoms. The predicted molar refractivity (Wildman–Crippen MR) is 47.6 cm³/mol. The first-order valence-corrected chi connectivity index (χ1v) is 3.50. The zero-order valence-electron chi connectivity index (χ0n) is 6.78. The highest BCUT2D eigenvalue weighted by Gasteiger charge is 1.89. The number of aryl methyl sites for hydroxylation is 1. The van der Waals surface area contributed by atoms with Gasteiger partial charge in [-0.3, -0.25) is 0 Å². The van der Waals surface area contributed by atoms with E-state index >= 15 is 0 Å². The van der Waals surface area contributed by atoms with Crippen molar-refractivity contribution in [1.82, 2.24) is 0 Å². The molecule has 4 nitrogen and oxygen atoms in total. The van der Waals surface area contributed by atoms with Gasteiger partial charge in [-0.1, -0.05) is 17.7 Å². The molecule has 0 saturated heterocycles. The number of nitrogens with two attached hydrogens (primary N) is 1. The lowest BCUT2D eigenvalue weighted by Crippen LogP contribution is -2.05. The fourth-order valence-electron chi connectivity index (χ4n) is 0.777. The van der Waals surface area contributed by atoms with Crippen LogP contribution in [0.5, 0.6) is 0 Å². The van der Waals surface area contributed by atoms with Crippen LogP contribution in [0.1, 0.15) is 5.56 Å². The summed E-state index contributed by atoms with van der Waals surface area (Å²) in [5.41, 5.74) is 13.7. The van der Waals surface area contributed by atoms with Crippen LogP contribution in [0.25, 0.3) is 0 Å². The topological polar surface area (TPSA) is 74.6 Å². The van der Waals surface area contributed by atoms with E-state index in [1.807, 2.05) is 31.2 Å². The molecule has 1 aromatic carbocycles. The smallest absolute Gasteiger partial charge is 0.239 e. The minimum absolute atomic E-state index is 0.0288. The Hall–Kier alpha value is -1.71. The average Bonchev–Trinajstić information content (AvgIpc) is 2.09. The highest BCUT2D eigenvalue weighted by molar-refractivity contribution is 5.80. The van der Waals surface area contributed by atoms with Gasteiger partial charge in [0.15, 0.2) is 0 Å². The Kier molecular flexibility index (Phi) is 2.53. The molecule has 0 amide bonds. The van der Waals surface area contributed by atoms with Crippen LogP contribution in [-0.2, 0) is 0 Å². The molecule has 0 aliphatic rings. The number of rotatable bonds is 1. The van der Waals surface area contributed by atoms with Crippen molar-refractivity contribution < 1.29 is 0 Å². The number of hydrogen-bond donors (Lipinski definition) is 2. The van der Waals surface area contributed by atoms with Gasteiger partial charge in [0.05, 0.1) is 5.69 Å². The van der Waals surface area contributed by atoms with Crippen LogP contribution in [0.4, 0.5) is 5.69 Å². The van der Waals surface area contributed by atoms with Crippen LogP contribution >= 0.6 is 0 Å². The van der Waals surface area contributed by atoms with Crippen molar-refractivity contribution in [2.75, 3.05) is 0 Å². The second kappa shape index (κ2) is 3.61. The number of benzene rings is 1. The van der Waals surface area contributed by atoms with Crippen molar-refractivity contribution in [1.29, 1.82) is 5.53 Å².